The number of benzene rings is 1. The molecule has 110 valence electrons. The van der Waals surface area contributed by atoms with Gasteiger partial charge in [-0.1, -0.05) is 18.2 Å². The van der Waals surface area contributed by atoms with Crippen LogP contribution < -0.4 is 10.1 Å². The Balaban J connectivity index is 1.89. The molecular formula is C17H21N3O. The van der Waals surface area contributed by atoms with Gasteiger partial charge >= 0.3 is 0 Å². The predicted molar refractivity (Wildman–Crippen MR) is 84.0 cm³/mol. The molecule has 4 nitrogen and oxygen atoms in total. The number of hydrogen-bond acceptors (Lipinski definition) is 4. The lowest BCUT2D eigenvalue weighted by Gasteiger charge is -2.10. The third-order valence-corrected chi connectivity index (χ3v) is 3.69. The molecule has 4 heteroatoms. The van der Waals surface area contributed by atoms with Crippen molar-refractivity contribution in [1.82, 2.24) is 9.97 Å². The van der Waals surface area contributed by atoms with E-state index in [1.165, 1.54) is 18.5 Å². The molecule has 0 radical (unpaired) electrons. The van der Waals surface area contributed by atoms with Crippen LogP contribution in [-0.4, -0.2) is 23.6 Å². The van der Waals surface area contributed by atoms with Crippen LogP contribution in [0, 0.1) is 0 Å². The Morgan fingerprint density at radius 1 is 1.24 bits per heavy atom. The van der Waals surface area contributed by atoms with Gasteiger partial charge in [0.15, 0.2) is 0 Å². The fraction of sp³-hybridized carbons (Fsp3) is 0.412. The average Bonchev–Trinajstić information content (AvgIpc) is 3.32. The maximum atomic E-state index is 5.41. The zero-order valence-electron chi connectivity index (χ0n) is 12.6. The molecule has 2 aromatic rings. The molecule has 1 aromatic carbocycles. The molecular weight excluding hydrogens is 262 g/mol. The van der Waals surface area contributed by atoms with Gasteiger partial charge in [0.25, 0.3) is 0 Å². The van der Waals surface area contributed by atoms with Crippen LogP contribution >= 0.6 is 0 Å². The van der Waals surface area contributed by atoms with E-state index >= 15 is 0 Å². The summed E-state index contributed by atoms with van der Waals surface area (Å²) in [6.07, 6.45) is 3.19. The van der Waals surface area contributed by atoms with E-state index in [4.69, 9.17) is 9.72 Å². The van der Waals surface area contributed by atoms with E-state index in [-0.39, 0.29) is 0 Å². The summed E-state index contributed by atoms with van der Waals surface area (Å²) in [5.41, 5.74) is 2.29. The number of ether oxygens (including phenoxy) is 1. The Bertz CT molecular complexity index is 623. The zero-order valence-corrected chi connectivity index (χ0v) is 12.6. The first kappa shape index (κ1) is 13.9. The fourth-order valence-corrected chi connectivity index (χ4v) is 2.48. The number of aromatic nitrogens is 2. The third kappa shape index (κ3) is 3.32. The molecule has 0 bridgehead atoms. The highest BCUT2D eigenvalue weighted by molar-refractivity contribution is 5.40. The van der Waals surface area contributed by atoms with E-state index in [2.05, 4.69) is 29.4 Å². The van der Waals surface area contributed by atoms with Crippen LogP contribution in [0.2, 0.25) is 0 Å². The highest BCUT2D eigenvalue weighted by Crippen LogP contribution is 2.39. The molecule has 0 saturated heterocycles. The number of para-hydroxylation sites is 1. The van der Waals surface area contributed by atoms with Crippen LogP contribution in [0.25, 0.3) is 0 Å². The van der Waals surface area contributed by atoms with Gasteiger partial charge in [0.05, 0.1) is 7.11 Å². The largest absolute Gasteiger partial charge is 0.496 e. The van der Waals surface area contributed by atoms with Crippen molar-refractivity contribution in [3.8, 4) is 5.75 Å². The van der Waals surface area contributed by atoms with Gasteiger partial charge < -0.3 is 10.1 Å². The maximum absolute atomic E-state index is 5.41. The average molecular weight is 283 g/mol. The second-order valence-corrected chi connectivity index (χ2v) is 5.39. The summed E-state index contributed by atoms with van der Waals surface area (Å²) in [7, 11) is 1.70. The molecule has 1 aliphatic rings. The standard InChI is InChI=1S/C17H21N3O/c1-3-18-16-11-14(12-8-9-12)19-17(20-16)10-13-6-4-5-7-15(13)21-2/h4-7,11-12H,3,8-10H2,1-2H3,(H,18,19,20). The monoisotopic (exact) mass is 283 g/mol. The minimum Gasteiger partial charge on any atom is -0.496 e. The number of nitrogens with zero attached hydrogens (tertiary/aromatic N) is 2. The van der Waals surface area contributed by atoms with Gasteiger partial charge in [-0.25, -0.2) is 9.97 Å². The summed E-state index contributed by atoms with van der Waals surface area (Å²) < 4.78 is 5.41. The van der Waals surface area contributed by atoms with E-state index in [0.717, 1.165) is 29.5 Å². The molecule has 1 aromatic heterocycles. The van der Waals surface area contributed by atoms with E-state index in [1.54, 1.807) is 7.11 Å². The summed E-state index contributed by atoms with van der Waals surface area (Å²) in [6.45, 7) is 2.95. The SMILES string of the molecule is CCNc1cc(C2CC2)nc(Cc2ccccc2OC)n1. The minimum absolute atomic E-state index is 0.627. The van der Waals surface area contributed by atoms with Crippen molar-refractivity contribution in [3.05, 3.63) is 47.4 Å². The molecule has 0 amide bonds. The predicted octanol–water partition coefficient (Wildman–Crippen LogP) is 3.39. The quantitative estimate of drug-likeness (QED) is 0.882. The highest BCUT2D eigenvalue weighted by atomic mass is 16.5. The first-order valence-electron chi connectivity index (χ1n) is 7.53. The first-order valence-corrected chi connectivity index (χ1v) is 7.53. The van der Waals surface area contributed by atoms with Crippen molar-refractivity contribution < 1.29 is 4.74 Å². The Hall–Kier alpha value is -2.10. The number of hydrogen-bond donors (Lipinski definition) is 1. The summed E-state index contributed by atoms with van der Waals surface area (Å²) in [5.74, 6) is 3.31. The highest BCUT2D eigenvalue weighted by Gasteiger charge is 2.26. The van der Waals surface area contributed by atoms with Crippen LogP contribution in [0.4, 0.5) is 5.82 Å². The second kappa shape index (κ2) is 6.12. The molecule has 1 heterocycles. The topological polar surface area (TPSA) is 47.0 Å². The van der Waals surface area contributed by atoms with Gasteiger partial charge in [-0.3, -0.25) is 0 Å². The molecule has 21 heavy (non-hydrogen) atoms. The number of rotatable bonds is 6. The zero-order chi connectivity index (χ0) is 14.7. The van der Waals surface area contributed by atoms with E-state index in [9.17, 15) is 0 Å². The molecule has 1 saturated carbocycles. The van der Waals surface area contributed by atoms with Crippen molar-refractivity contribution >= 4 is 5.82 Å². The molecule has 1 N–H and O–H groups in total. The van der Waals surface area contributed by atoms with Crippen LogP contribution in [0.15, 0.2) is 30.3 Å². The van der Waals surface area contributed by atoms with Crippen LogP contribution in [0.3, 0.4) is 0 Å². The first-order chi connectivity index (χ1) is 10.3. The van der Waals surface area contributed by atoms with Gasteiger partial charge in [0.1, 0.15) is 17.4 Å². The summed E-state index contributed by atoms with van der Waals surface area (Å²) >= 11 is 0. The van der Waals surface area contributed by atoms with Crippen molar-refractivity contribution in [1.29, 1.82) is 0 Å². The van der Waals surface area contributed by atoms with Gasteiger partial charge in [-0.15, -0.1) is 0 Å². The minimum atomic E-state index is 0.627. The lowest BCUT2D eigenvalue weighted by atomic mass is 10.1. The Morgan fingerprint density at radius 3 is 2.76 bits per heavy atom. The summed E-state index contributed by atoms with van der Waals surface area (Å²) in [5, 5.41) is 3.30. The van der Waals surface area contributed by atoms with E-state index < -0.39 is 0 Å². The molecule has 3 rings (SSSR count). The molecule has 1 fully saturated rings. The molecule has 0 atom stereocenters. The van der Waals surface area contributed by atoms with E-state index in [0.29, 0.717) is 12.3 Å². The van der Waals surface area contributed by atoms with Gasteiger partial charge in [-0.2, -0.15) is 0 Å². The number of methoxy groups -OCH3 is 1. The molecule has 0 spiro atoms. The van der Waals surface area contributed by atoms with Crippen molar-refractivity contribution in [2.75, 3.05) is 19.0 Å². The Morgan fingerprint density at radius 2 is 2.05 bits per heavy atom. The van der Waals surface area contributed by atoms with Crippen molar-refractivity contribution in [2.24, 2.45) is 0 Å². The van der Waals surface area contributed by atoms with Gasteiger partial charge in [-0.05, 0) is 25.8 Å². The fourth-order valence-electron chi connectivity index (χ4n) is 2.48. The van der Waals surface area contributed by atoms with Crippen molar-refractivity contribution in [2.45, 2.75) is 32.1 Å². The number of nitrogens with one attached hydrogen (secondary N) is 1. The summed E-state index contributed by atoms with van der Waals surface area (Å²) in [6, 6.07) is 10.1. The Kier molecular flexibility index (Phi) is 4.04. The van der Waals surface area contributed by atoms with Crippen molar-refractivity contribution in [3.63, 3.8) is 0 Å². The van der Waals surface area contributed by atoms with Crippen LogP contribution in [0.1, 0.15) is 42.8 Å². The lowest BCUT2D eigenvalue weighted by molar-refractivity contribution is 0.410. The second-order valence-electron chi connectivity index (χ2n) is 5.39. The molecule has 0 unspecified atom stereocenters. The van der Waals surface area contributed by atoms with Gasteiger partial charge in [0.2, 0.25) is 0 Å². The molecule has 0 aliphatic heterocycles. The van der Waals surface area contributed by atoms with Gasteiger partial charge in [0, 0.05) is 36.2 Å². The van der Waals surface area contributed by atoms with E-state index in [1.807, 2.05) is 18.2 Å². The normalized spacial score (nSPS) is 14.0. The molecule has 1 aliphatic carbocycles. The summed E-state index contributed by atoms with van der Waals surface area (Å²) in [4.78, 5) is 9.37. The third-order valence-electron chi connectivity index (χ3n) is 3.69. The maximum Gasteiger partial charge on any atom is 0.135 e. The van der Waals surface area contributed by atoms with Crippen LogP contribution in [0.5, 0.6) is 5.75 Å². The lowest BCUT2D eigenvalue weighted by Crippen LogP contribution is -2.07. The number of anilines is 1. The van der Waals surface area contributed by atoms with Crippen LogP contribution in [-0.2, 0) is 6.42 Å². The smallest absolute Gasteiger partial charge is 0.135 e. The Labute approximate surface area is 125 Å².